The van der Waals surface area contributed by atoms with Gasteiger partial charge < -0.3 is 19.7 Å². The molecule has 1 amide bonds. The number of ether oxygens (including phenoxy) is 2. The molecule has 2 rings (SSSR count). The molecule has 0 aromatic rings. The SMILES string of the molecule is C1COCCN1.O=CN1CCOCC1. The van der Waals surface area contributed by atoms with Gasteiger partial charge in [-0.3, -0.25) is 4.79 Å². The molecule has 2 fully saturated rings. The molecule has 2 aliphatic rings. The lowest BCUT2D eigenvalue weighted by Gasteiger charge is -2.21. The third-order valence-corrected chi connectivity index (χ3v) is 2.04. The predicted molar refractivity (Wildman–Crippen MR) is 52.1 cm³/mol. The number of hydrogen-bond donors (Lipinski definition) is 1. The van der Waals surface area contributed by atoms with E-state index in [1.54, 1.807) is 4.90 Å². The molecule has 0 aromatic heterocycles. The number of morpholine rings is 2. The van der Waals surface area contributed by atoms with E-state index in [9.17, 15) is 4.79 Å². The van der Waals surface area contributed by atoms with Crippen molar-refractivity contribution in [2.24, 2.45) is 0 Å². The first-order chi connectivity index (χ1) is 6.93. The van der Waals surface area contributed by atoms with Crippen LogP contribution in [0.4, 0.5) is 0 Å². The molecule has 2 aliphatic heterocycles. The molecule has 0 radical (unpaired) electrons. The first kappa shape index (κ1) is 11.4. The van der Waals surface area contributed by atoms with Crippen LogP contribution in [-0.4, -0.2) is 63.9 Å². The van der Waals surface area contributed by atoms with Gasteiger partial charge in [0.2, 0.25) is 6.41 Å². The van der Waals surface area contributed by atoms with E-state index in [4.69, 9.17) is 9.47 Å². The average Bonchev–Trinajstić information content (AvgIpc) is 2.33. The van der Waals surface area contributed by atoms with Gasteiger partial charge in [-0.15, -0.1) is 0 Å². The summed E-state index contributed by atoms with van der Waals surface area (Å²) in [6, 6.07) is 0. The van der Waals surface area contributed by atoms with Gasteiger partial charge in [-0.2, -0.15) is 0 Å². The normalized spacial score (nSPS) is 22.1. The van der Waals surface area contributed by atoms with Crippen LogP contribution in [0.3, 0.4) is 0 Å². The molecule has 1 N–H and O–H groups in total. The Balaban J connectivity index is 0.000000146. The molecule has 0 atom stereocenters. The molecule has 2 heterocycles. The number of rotatable bonds is 1. The fourth-order valence-corrected chi connectivity index (χ4v) is 1.20. The first-order valence-electron chi connectivity index (χ1n) is 4.99. The van der Waals surface area contributed by atoms with Gasteiger partial charge in [-0.1, -0.05) is 0 Å². The Morgan fingerprint density at radius 1 is 1.00 bits per heavy atom. The minimum atomic E-state index is 0.693. The van der Waals surface area contributed by atoms with Crippen LogP contribution in [-0.2, 0) is 14.3 Å². The highest BCUT2D eigenvalue weighted by Gasteiger charge is 2.05. The van der Waals surface area contributed by atoms with E-state index in [1.807, 2.05) is 0 Å². The lowest BCUT2D eigenvalue weighted by atomic mass is 10.5. The molecular formula is C9H18N2O3. The van der Waals surface area contributed by atoms with Crippen LogP contribution < -0.4 is 5.32 Å². The highest BCUT2D eigenvalue weighted by atomic mass is 16.5. The Morgan fingerprint density at radius 3 is 1.86 bits per heavy atom. The van der Waals surface area contributed by atoms with Crippen LogP contribution in [0.25, 0.3) is 0 Å². The van der Waals surface area contributed by atoms with Crippen molar-refractivity contribution in [3.63, 3.8) is 0 Å². The standard InChI is InChI=1S/C5H9NO2.C4H9NO/c7-5-6-1-3-8-4-2-6;1-3-6-4-2-5-1/h5H,1-4H2;5H,1-4H2. The smallest absolute Gasteiger partial charge is 0.209 e. The van der Waals surface area contributed by atoms with Crippen molar-refractivity contribution in [2.45, 2.75) is 0 Å². The predicted octanol–water partition coefficient (Wildman–Crippen LogP) is -0.919. The average molecular weight is 202 g/mol. The van der Waals surface area contributed by atoms with Crippen molar-refractivity contribution in [1.29, 1.82) is 0 Å². The summed E-state index contributed by atoms with van der Waals surface area (Å²) >= 11 is 0. The van der Waals surface area contributed by atoms with E-state index in [2.05, 4.69) is 5.32 Å². The van der Waals surface area contributed by atoms with Crippen LogP contribution in [0, 0.1) is 0 Å². The van der Waals surface area contributed by atoms with E-state index in [-0.39, 0.29) is 0 Å². The third-order valence-electron chi connectivity index (χ3n) is 2.04. The molecule has 5 heteroatoms. The van der Waals surface area contributed by atoms with Crippen LogP contribution in [0.5, 0.6) is 0 Å². The highest BCUT2D eigenvalue weighted by molar-refractivity contribution is 5.46. The molecule has 82 valence electrons. The maximum atomic E-state index is 10.0. The molecule has 0 spiro atoms. The molecular weight excluding hydrogens is 184 g/mol. The molecule has 0 unspecified atom stereocenters. The maximum Gasteiger partial charge on any atom is 0.209 e. The van der Waals surface area contributed by atoms with Gasteiger partial charge in [0.05, 0.1) is 26.4 Å². The fraction of sp³-hybridized carbons (Fsp3) is 0.889. The van der Waals surface area contributed by atoms with Gasteiger partial charge in [0, 0.05) is 26.2 Å². The first-order valence-corrected chi connectivity index (χ1v) is 4.99. The summed E-state index contributed by atoms with van der Waals surface area (Å²) < 4.78 is 10.0. The lowest BCUT2D eigenvalue weighted by molar-refractivity contribution is -0.121. The topological polar surface area (TPSA) is 50.8 Å². The van der Waals surface area contributed by atoms with E-state index in [0.717, 1.165) is 45.8 Å². The molecule has 0 aliphatic carbocycles. The zero-order valence-electron chi connectivity index (χ0n) is 8.41. The van der Waals surface area contributed by atoms with Crippen LogP contribution in [0.2, 0.25) is 0 Å². The summed E-state index contributed by atoms with van der Waals surface area (Å²) in [5, 5.41) is 3.16. The highest BCUT2D eigenvalue weighted by Crippen LogP contribution is 1.90. The van der Waals surface area contributed by atoms with Gasteiger partial charge in [-0.05, 0) is 0 Å². The number of hydrogen-bond acceptors (Lipinski definition) is 4. The van der Waals surface area contributed by atoms with E-state index in [1.165, 1.54) is 0 Å². The summed E-state index contributed by atoms with van der Waals surface area (Å²) in [5.74, 6) is 0. The van der Waals surface area contributed by atoms with Crippen molar-refractivity contribution in [3.8, 4) is 0 Å². The number of carbonyl (C=O) groups is 1. The van der Waals surface area contributed by atoms with E-state index >= 15 is 0 Å². The Bertz CT molecular complexity index is 133. The van der Waals surface area contributed by atoms with Gasteiger partial charge in [0.25, 0.3) is 0 Å². The summed E-state index contributed by atoms with van der Waals surface area (Å²) in [7, 11) is 0. The fourth-order valence-electron chi connectivity index (χ4n) is 1.20. The van der Waals surface area contributed by atoms with Crippen LogP contribution in [0.1, 0.15) is 0 Å². The Kier molecular flexibility index (Phi) is 6.30. The van der Waals surface area contributed by atoms with E-state index < -0.39 is 0 Å². The number of amides is 1. The van der Waals surface area contributed by atoms with Gasteiger partial charge in [0.15, 0.2) is 0 Å². The maximum absolute atomic E-state index is 10.0. The largest absolute Gasteiger partial charge is 0.379 e. The number of nitrogens with zero attached hydrogens (tertiary/aromatic N) is 1. The van der Waals surface area contributed by atoms with Crippen LogP contribution >= 0.6 is 0 Å². The van der Waals surface area contributed by atoms with Crippen molar-refractivity contribution in [1.82, 2.24) is 10.2 Å². The van der Waals surface area contributed by atoms with Gasteiger partial charge in [0.1, 0.15) is 0 Å². The van der Waals surface area contributed by atoms with Crippen molar-refractivity contribution >= 4 is 6.41 Å². The number of nitrogens with one attached hydrogen (secondary N) is 1. The third kappa shape index (κ3) is 5.16. The molecule has 0 bridgehead atoms. The Hall–Kier alpha value is -0.650. The summed E-state index contributed by atoms with van der Waals surface area (Å²) in [6.07, 6.45) is 0.864. The molecule has 5 nitrogen and oxygen atoms in total. The zero-order chi connectivity index (χ0) is 10.1. The van der Waals surface area contributed by atoms with Gasteiger partial charge >= 0.3 is 0 Å². The monoisotopic (exact) mass is 202 g/mol. The Morgan fingerprint density at radius 2 is 1.57 bits per heavy atom. The Labute approximate surface area is 84.4 Å². The minimum absolute atomic E-state index is 0.693. The second-order valence-corrected chi connectivity index (χ2v) is 3.12. The summed E-state index contributed by atoms with van der Waals surface area (Å²) in [4.78, 5) is 11.7. The van der Waals surface area contributed by atoms with Crippen molar-refractivity contribution in [2.75, 3.05) is 52.6 Å². The molecule has 0 aromatic carbocycles. The minimum Gasteiger partial charge on any atom is -0.379 e. The molecule has 0 saturated carbocycles. The van der Waals surface area contributed by atoms with Crippen LogP contribution in [0.15, 0.2) is 0 Å². The molecule has 14 heavy (non-hydrogen) atoms. The quantitative estimate of drug-likeness (QED) is 0.559. The summed E-state index contributed by atoms with van der Waals surface area (Å²) in [6.45, 7) is 6.73. The zero-order valence-corrected chi connectivity index (χ0v) is 8.41. The van der Waals surface area contributed by atoms with Crippen molar-refractivity contribution < 1.29 is 14.3 Å². The summed E-state index contributed by atoms with van der Waals surface area (Å²) in [5.41, 5.74) is 0. The second-order valence-electron chi connectivity index (χ2n) is 3.12. The van der Waals surface area contributed by atoms with E-state index in [0.29, 0.717) is 13.2 Å². The van der Waals surface area contributed by atoms with Gasteiger partial charge in [-0.25, -0.2) is 0 Å². The second kappa shape index (κ2) is 7.73. The lowest BCUT2D eigenvalue weighted by Crippen LogP contribution is -2.34. The molecule has 2 saturated heterocycles. The number of carbonyl (C=O) groups excluding carboxylic acids is 1. The van der Waals surface area contributed by atoms with Crippen molar-refractivity contribution in [3.05, 3.63) is 0 Å².